The molecule has 1 N–H and O–H groups in total. The lowest BCUT2D eigenvalue weighted by atomic mass is 10.2. The molecule has 2 aromatic carbocycles. The molecule has 24 heavy (non-hydrogen) atoms. The fourth-order valence-corrected chi connectivity index (χ4v) is 2.67. The summed E-state index contributed by atoms with van der Waals surface area (Å²) in [6, 6.07) is 16.0. The molecule has 0 radical (unpaired) electrons. The Kier molecular flexibility index (Phi) is 6.97. The number of amides is 1. The SMILES string of the molecule is O=C(CSCCc1ccccc1)NN=Cc1ccc([N+](=O)[O-])cc1. The van der Waals surface area contributed by atoms with E-state index in [2.05, 4.69) is 22.7 Å². The van der Waals surface area contributed by atoms with Gasteiger partial charge in [0.05, 0.1) is 16.9 Å². The van der Waals surface area contributed by atoms with Crippen molar-refractivity contribution in [2.24, 2.45) is 5.10 Å². The Bertz CT molecular complexity index is 703. The Balaban J connectivity index is 1.66. The molecule has 0 saturated heterocycles. The predicted molar refractivity (Wildman–Crippen MR) is 96.3 cm³/mol. The minimum absolute atomic E-state index is 0.0194. The Hall–Kier alpha value is -2.67. The van der Waals surface area contributed by atoms with E-state index in [1.807, 2.05) is 18.2 Å². The van der Waals surface area contributed by atoms with Crippen LogP contribution in [-0.4, -0.2) is 28.6 Å². The van der Waals surface area contributed by atoms with E-state index in [1.165, 1.54) is 23.9 Å². The van der Waals surface area contributed by atoms with Crippen LogP contribution >= 0.6 is 11.8 Å². The minimum Gasteiger partial charge on any atom is -0.272 e. The maximum atomic E-state index is 11.7. The summed E-state index contributed by atoms with van der Waals surface area (Å²) >= 11 is 1.55. The summed E-state index contributed by atoms with van der Waals surface area (Å²) in [4.78, 5) is 21.7. The molecular formula is C17H17N3O3S. The number of benzene rings is 2. The van der Waals surface area contributed by atoms with Crippen molar-refractivity contribution in [1.82, 2.24) is 5.43 Å². The van der Waals surface area contributed by atoms with Crippen LogP contribution in [0, 0.1) is 10.1 Å². The molecule has 0 aliphatic rings. The molecule has 0 aliphatic carbocycles. The van der Waals surface area contributed by atoms with Gasteiger partial charge in [0.25, 0.3) is 5.69 Å². The van der Waals surface area contributed by atoms with Crippen molar-refractivity contribution in [3.05, 3.63) is 75.8 Å². The van der Waals surface area contributed by atoms with Gasteiger partial charge in [-0.3, -0.25) is 14.9 Å². The first kappa shape index (κ1) is 17.7. The largest absolute Gasteiger partial charge is 0.272 e. The second-order valence-electron chi connectivity index (χ2n) is 4.93. The lowest BCUT2D eigenvalue weighted by molar-refractivity contribution is -0.384. The lowest BCUT2D eigenvalue weighted by Gasteiger charge is -2.01. The van der Waals surface area contributed by atoms with Crippen molar-refractivity contribution in [2.75, 3.05) is 11.5 Å². The van der Waals surface area contributed by atoms with E-state index in [9.17, 15) is 14.9 Å². The zero-order chi connectivity index (χ0) is 17.2. The third-order valence-electron chi connectivity index (χ3n) is 3.12. The molecule has 7 heteroatoms. The second-order valence-corrected chi connectivity index (χ2v) is 6.04. The van der Waals surface area contributed by atoms with E-state index < -0.39 is 4.92 Å². The smallest absolute Gasteiger partial charge is 0.269 e. The van der Waals surface area contributed by atoms with Gasteiger partial charge >= 0.3 is 0 Å². The summed E-state index contributed by atoms with van der Waals surface area (Å²) in [5, 5.41) is 14.4. The van der Waals surface area contributed by atoms with Gasteiger partial charge in [0.1, 0.15) is 0 Å². The molecule has 2 aromatic rings. The molecule has 0 bridgehead atoms. The van der Waals surface area contributed by atoms with E-state index in [4.69, 9.17) is 0 Å². The Morgan fingerprint density at radius 1 is 1.17 bits per heavy atom. The zero-order valence-electron chi connectivity index (χ0n) is 12.9. The molecule has 0 unspecified atom stereocenters. The van der Waals surface area contributed by atoms with Crippen LogP contribution in [0.2, 0.25) is 0 Å². The first-order valence-electron chi connectivity index (χ1n) is 7.33. The molecule has 6 nitrogen and oxygen atoms in total. The Labute approximate surface area is 144 Å². The fourth-order valence-electron chi connectivity index (χ4n) is 1.89. The minimum atomic E-state index is -0.463. The standard InChI is InChI=1S/C17H17N3O3S/c21-17(13-24-11-10-14-4-2-1-3-5-14)19-18-12-15-6-8-16(9-7-15)20(22)23/h1-9,12H,10-11,13H2,(H,19,21). The highest BCUT2D eigenvalue weighted by Gasteiger charge is 2.03. The number of nitrogens with zero attached hydrogens (tertiary/aromatic N) is 2. The highest BCUT2D eigenvalue weighted by Crippen LogP contribution is 2.10. The number of nitro groups is 1. The van der Waals surface area contributed by atoms with Crippen LogP contribution in [0.1, 0.15) is 11.1 Å². The molecule has 2 rings (SSSR count). The molecule has 0 fully saturated rings. The summed E-state index contributed by atoms with van der Waals surface area (Å²) in [6.07, 6.45) is 2.38. The van der Waals surface area contributed by atoms with Gasteiger partial charge in [-0.15, -0.1) is 0 Å². The molecule has 0 spiro atoms. The number of non-ortho nitro benzene ring substituents is 1. The van der Waals surface area contributed by atoms with Gasteiger partial charge < -0.3 is 0 Å². The summed E-state index contributed by atoms with van der Waals surface area (Å²) in [7, 11) is 0. The predicted octanol–water partition coefficient (Wildman–Crippen LogP) is 3.02. The summed E-state index contributed by atoms with van der Waals surface area (Å²) in [5.74, 6) is 1.03. The quantitative estimate of drug-likeness (QED) is 0.345. The molecule has 1 amide bonds. The third-order valence-corrected chi connectivity index (χ3v) is 4.08. The van der Waals surface area contributed by atoms with Crippen molar-refractivity contribution < 1.29 is 9.72 Å². The molecular weight excluding hydrogens is 326 g/mol. The maximum Gasteiger partial charge on any atom is 0.269 e. The van der Waals surface area contributed by atoms with E-state index in [0.717, 1.165) is 12.2 Å². The average Bonchev–Trinajstić information content (AvgIpc) is 2.60. The van der Waals surface area contributed by atoms with Crippen LogP contribution in [0.3, 0.4) is 0 Å². The number of hydrogen-bond acceptors (Lipinski definition) is 5. The number of thioether (sulfide) groups is 1. The van der Waals surface area contributed by atoms with Crippen LogP contribution in [0.15, 0.2) is 59.7 Å². The average molecular weight is 343 g/mol. The molecule has 124 valence electrons. The van der Waals surface area contributed by atoms with E-state index in [-0.39, 0.29) is 11.6 Å². The highest BCUT2D eigenvalue weighted by atomic mass is 32.2. The fraction of sp³-hybridized carbons (Fsp3) is 0.176. The van der Waals surface area contributed by atoms with Crippen LogP contribution in [0.4, 0.5) is 5.69 Å². The number of rotatable bonds is 8. The van der Waals surface area contributed by atoms with Crippen molar-refractivity contribution >= 4 is 29.6 Å². The van der Waals surface area contributed by atoms with Gasteiger partial charge in [-0.05, 0) is 35.4 Å². The number of hydrogen-bond donors (Lipinski definition) is 1. The van der Waals surface area contributed by atoms with Crippen LogP contribution in [0.5, 0.6) is 0 Å². The van der Waals surface area contributed by atoms with Gasteiger partial charge in [0, 0.05) is 12.1 Å². The summed E-state index contributed by atoms with van der Waals surface area (Å²) in [5.41, 5.74) is 4.39. The topological polar surface area (TPSA) is 84.6 Å². The molecule has 0 saturated carbocycles. The summed E-state index contributed by atoms with van der Waals surface area (Å²) < 4.78 is 0. The first-order valence-corrected chi connectivity index (χ1v) is 8.48. The zero-order valence-corrected chi connectivity index (χ0v) is 13.7. The number of nitro benzene ring substituents is 1. The molecule has 0 aliphatic heterocycles. The molecule has 0 aromatic heterocycles. The number of aryl methyl sites for hydroxylation is 1. The van der Waals surface area contributed by atoms with Crippen LogP contribution < -0.4 is 5.43 Å². The van der Waals surface area contributed by atoms with Crippen molar-refractivity contribution in [3.8, 4) is 0 Å². The van der Waals surface area contributed by atoms with E-state index >= 15 is 0 Å². The van der Waals surface area contributed by atoms with Crippen molar-refractivity contribution in [3.63, 3.8) is 0 Å². The van der Waals surface area contributed by atoms with Crippen molar-refractivity contribution in [1.29, 1.82) is 0 Å². The highest BCUT2D eigenvalue weighted by molar-refractivity contribution is 7.99. The maximum absolute atomic E-state index is 11.7. The van der Waals surface area contributed by atoms with Gasteiger partial charge in [-0.2, -0.15) is 16.9 Å². The van der Waals surface area contributed by atoms with Crippen LogP contribution in [0.25, 0.3) is 0 Å². The monoisotopic (exact) mass is 343 g/mol. The van der Waals surface area contributed by atoms with E-state index in [1.54, 1.807) is 23.9 Å². The number of carbonyl (C=O) groups is 1. The molecule has 0 atom stereocenters. The third kappa shape index (κ3) is 6.21. The number of nitrogens with one attached hydrogen (secondary N) is 1. The van der Waals surface area contributed by atoms with Gasteiger partial charge in [-0.25, -0.2) is 5.43 Å². The first-order chi connectivity index (χ1) is 11.6. The lowest BCUT2D eigenvalue weighted by Crippen LogP contribution is -2.20. The normalized spacial score (nSPS) is 10.7. The number of hydrazone groups is 1. The molecule has 0 heterocycles. The second kappa shape index (κ2) is 9.46. The van der Waals surface area contributed by atoms with E-state index in [0.29, 0.717) is 11.3 Å². The van der Waals surface area contributed by atoms with Gasteiger partial charge in [0.2, 0.25) is 5.91 Å². The Morgan fingerprint density at radius 3 is 2.54 bits per heavy atom. The Morgan fingerprint density at radius 2 is 1.88 bits per heavy atom. The summed E-state index contributed by atoms with van der Waals surface area (Å²) in [6.45, 7) is 0. The van der Waals surface area contributed by atoms with Crippen LogP contribution in [-0.2, 0) is 11.2 Å². The van der Waals surface area contributed by atoms with Gasteiger partial charge in [-0.1, -0.05) is 30.3 Å². The van der Waals surface area contributed by atoms with Crippen molar-refractivity contribution in [2.45, 2.75) is 6.42 Å². The number of carbonyl (C=O) groups excluding carboxylic acids is 1. The van der Waals surface area contributed by atoms with Gasteiger partial charge in [0.15, 0.2) is 0 Å².